The third kappa shape index (κ3) is 3.88. The Morgan fingerprint density at radius 2 is 2.18 bits per heavy atom. The van der Waals surface area contributed by atoms with E-state index in [1.54, 1.807) is 25.1 Å². The van der Waals surface area contributed by atoms with Gasteiger partial charge in [-0.05, 0) is 24.6 Å². The average molecular weight is 236 g/mol. The topological polar surface area (TPSA) is 81.4 Å². The van der Waals surface area contributed by atoms with E-state index in [0.717, 1.165) is 5.56 Å². The van der Waals surface area contributed by atoms with Gasteiger partial charge in [-0.3, -0.25) is 9.59 Å². The summed E-state index contributed by atoms with van der Waals surface area (Å²) in [6.45, 7) is 2.18. The summed E-state index contributed by atoms with van der Waals surface area (Å²) in [5.41, 5.74) is 6.51. The molecule has 1 aromatic carbocycles. The van der Waals surface area contributed by atoms with Crippen molar-refractivity contribution in [2.45, 2.75) is 19.5 Å². The molecule has 0 saturated carbocycles. The molecule has 1 amide bonds. The van der Waals surface area contributed by atoms with Crippen LogP contribution in [-0.4, -0.2) is 25.0 Å². The van der Waals surface area contributed by atoms with E-state index in [1.165, 1.54) is 7.11 Å². The second-order valence-corrected chi connectivity index (χ2v) is 3.69. The lowest BCUT2D eigenvalue weighted by atomic mass is 10.1. The summed E-state index contributed by atoms with van der Waals surface area (Å²) in [6, 6.07) is 6.55. The van der Waals surface area contributed by atoms with Gasteiger partial charge in [0.25, 0.3) is 0 Å². The van der Waals surface area contributed by atoms with Crippen LogP contribution in [0.3, 0.4) is 0 Å². The number of primary amides is 1. The minimum Gasteiger partial charge on any atom is -0.468 e. The van der Waals surface area contributed by atoms with Gasteiger partial charge in [-0.25, -0.2) is 0 Å². The number of nitrogens with two attached hydrogens (primary N) is 1. The molecule has 1 atom stereocenters. The van der Waals surface area contributed by atoms with Crippen molar-refractivity contribution in [1.82, 2.24) is 5.32 Å². The molecule has 17 heavy (non-hydrogen) atoms. The summed E-state index contributed by atoms with van der Waals surface area (Å²) in [4.78, 5) is 22.1. The van der Waals surface area contributed by atoms with Crippen molar-refractivity contribution in [2.24, 2.45) is 5.73 Å². The summed E-state index contributed by atoms with van der Waals surface area (Å²) in [5.74, 6) is -0.788. The molecular formula is C12H16N2O3. The summed E-state index contributed by atoms with van der Waals surface area (Å²) in [5, 5.41) is 2.99. The monoisotopic (exact) mass is 236 g/mol. The molecule has 1 rings (SSSR count). The number of esters is 1. The predicted octanol–water partition coefficient (Wildman–Crippen LogP) is 0.437. The third-order valence-corrected chi connectivity index (χ3v) is 2.38. The maximum Gasteiger partial charge on any atom is 0.322 e. The number of benzene rings is 1. The lowest BCUT2D eigenvalue weighted by Gasteiger charge is -2.11. The first kappa shape index (κ1) is 13.2. The first-order valence-electron chi connectivity index (χ1n) is 5.24. The van der Waals surface area contributed by atoms with Gasteiger partial charge in [-0.1, -0.05) is 12.1 Å². The van der Waals surface area contributed by atoms with Crippen LogP contribution in [0.5, 0.6) is 0 Å². The van der Waals surface area contributed by atoms with Crippen molar-refractivity contribution in [1.29, 1.82) is 0 Å². The van der Waals surface area contributed by atoms with Crippen LogP contribution in [0.4, 0.5) is 0 Å². The molecule has 0 radical (unpaired) electrons. The number of carbonyl (C=O) groups is 2. The maximum absolute atomic E-state index is 11.1. The van der Waals surface area contributed by atoms with E-state index < -0.39 is 11.9 Å². The number of ether oxygens (including phenoxy) is 1. The summed E-state index contributed by atoms with van der Waals surface area (Å²) in [7, 11) is 1.34. The minimum atomic E-state index is -0.465. The molecule has 92 valence electrons. The quantitative estimate of drug-likeness (QED) is 0.727. The van der Waals surface area contributed by atoms with Crippen LogP contribution in [0, 0.1) is 0 Å². The van der Waals surface area contributed by atoms with Gasteiger partial charge < -0.3 is 15.8 Å². The second-order valence-electron chi connectivity index (χ2n) is 3.69. The van der Waals surface area contributed by atoms with Crippen LogP contribution in [0.15, 0.2) is 24.3 Å². The van der Waals surface area contributed by atoms with Crippen molar-refractivity contribution in [3.63, 3.8) is 0 Å². The molecule has 0 spiro atoms. The van der Waals surface area contributed by atoms with Crippen LogP contribution in [-0.2, 0) is 16.1 Å². The zero-order chi connectivity index (χ0) is 12.8. The Morgan fingerprint density at radius 1 is 1.47 bits per heavy atom. The molecule has 0 fully saturated rings. The average Bonchev–Trinajstić information content (AvgIpc) is 2.35. The van der Waals surface area contributed by atoms with Crippen LogP contribution >= 0.6 is 0 Å². The Hall–Kier alpha value is -1.88. The van der Waals surface area contributed by atoms with Gasteiger partial charge in [0.1, 0.15) is 6.04 Å². The Morgan fingerprint density at radius 3 is 2.76 bits per heavy atom. The fourth-order valence-electron chi connectivity index (χ4n) is 1.37. The van der Waals surface area contributed by atoms with Crippen molar-refractivity contribution in [2.75, 3.05) is 7.11 Å². The van der Waals surface area contributed by atoms with Crippen molar-refractivity contribution < 1.29 is 14.3 Å². The van der Waals surface area contributed by atoms with Gasteiger partial charge in [-0.2, -0.15) is 0 Å². The zero-order valence-electron chi connectivity index (χ0n) is 9.90. The molecule has 5 nitrogen and oxygen atoms in total. The molecule has 0 aliphatic heterocycles. The van der Waals surface area contributed by atoms with E-state index in [-0.39, 0.29) is 5.97 Å². The van der Waals surface area contributed by atoms with Gasteiger partial charge in [0.2, 0.25) is 5.91 Å². The summed E-state index contributed by atoms with van der Waals surface area (Å²) in [6.07, 6.45) is 0. The molecule has 5 heteroatoms. The molecule has 0 aliphatic rings. The first-order chi connectivity index (χ1) is 8.04. The van der Waals surface area contributed by atoms with Gasteiger partial charge in [0.15, 0.2) is 0 Å². The fraction of sp³-hybridized carbons (Fsp3) is 0.333. The van der Waals surface area contributed by atoms with Gasteiger partial charge in [0.05, 0.1) is 7.11 Å². The molecule has 3 N–H and O–H groups in total. The van der Waals surface area contributed by atoms with Crippen LogP contribution in [0.1, 0.15) is 22.8 Å². The Bertz CT molecular complexity index is 418. The van der Waals surface area contributed by atoms with Crippen LogP contribution in [0.25, 0.3) is 0 Å². The van der Waals surface area contributed by atoms with Crippen LogP contribution in [0.2, 0.25) is 0 Å². The molecule has 0 aliphatic carbocycles. The highest BCUT2D eigenvalue weighted by atomic mass is 16.5. The van der Waals surface area contributed by atoms with E-state index in [2.05, 4.69) is 10.1 Å². The SMILES string of the molecule is COC(=O)[C@H](C)NCc1cccc(C(N)=O)c1. The van der Waals surface area contributed by atoms with E-state index in [0.29, 0.717) is 12.1 Å². The van der Waals surface area contributed by atoms with E-state index in [4.69, 9.17) is 5.73 Å². The molecule has 0 heterocycles. The molecule has 0 bridgehead atoms. The summed E-state index contributed by atoms with van der Waals surface area (Å²) >= 11 is 0. The van der Waals surface area contributed by atoms with Crippen molar-refractivity contribution >= 4 is 11.9 Å². The number of methoxy groups -OCH3 is 1. The van der Waals surface area contributed by atoms with Gasteiger partial charge in [-0.15, -0.1) is 0 Å². The van der Waals surface area contributed by atoms with E-state index in [9.17, 15) is 9.59 Å². The molecule has 0 aromatic heterocycles. The van der Waals surface area contributed by atoms with E-state index in [1.807, 2.05) is 6.07 Å². The summed E-state index contributed by atoms with van der Waals surface area (Å²) < 4.78 is 4.59. The Balaban J connectivity index is 2.60. The molecule has 0 unspecified atom stereocenters. The Kier molecular flexibility index (Phi) is 4.66. The number of carbonyl (C=O) groups excluding carboxylic acids is 2. The fourth-order valence-corrected chi connectivity index (χ4v) is 1.37. The number of nitrogens with one attached hydrogen (secondary N) is 1. The third-order valence-electron chi connectivity index (χ3n) is 2.38. The van der Waals surface area contributed by atoms with Crippen molar-refractivity contribution in [3.05, 3.63) is 35.4 Å². The standard InChI is InChI=1S/C12H16N2O3/c1-8(12(16)17-2)14-7-9-4-3-5-10(6-9)11(13)15/h3-6,8,14H,7H2,1-2H3,(H2,13,15)/t8-/m0/s1. The molecule has 0 saturated heterocycles. The lowest BCUT2D eigenvalue weighted by molar-refractivity contribution is -0.142. The predicted molar refractivity (Wildman–Crippen MR) is 63.3 cm³/mol. The number of rotatable bonds is 5. The van der Waals surface area contributed by atoms with Crippen LogP contribution < -0.4 is 11.1 Å². The normalized spacial score (nSPS) is 11.9. The smallest absolute Gasteiger partial charge is 0.322 e. The first-order valence-corrected chi connectivity index (χ1v) is 5.24. The minimum absolute atomic E-state index is 0.323. The van der Waals surface area contributed by atoms with E-state index >= 15 is 0 Å². The number of amides is 1. The van der Waals surface area contributed by atoms with Gasteiger partial charge in [0, 0.05) is 12.1 Å². The highest BCUT2D eigenvalue weighted by Crippen LogP contribution is 2.04. The number of hydrogen-bond acceptors (Lipinski definition) is 4. The zero-order valence-corrected chi connectivity index (χ0v) is 9.90. The number of hydrogen-bond donors (Lipinski definition) is 2. The highest BCUT2D eigenvalue weighted by molar-refractivity contribution is 5.92. The molecular weight excluding hydrogens is 220 g/mol. The molecule has 1 aromatic rings. The largest absolute Gasteiger partial charge is 0.468 e. The second kappa shape index (κ2) is 6.00. The lowest BCUT2D eigenvalue weighted by Crippen LogP contribution is -2.34. The highest BCUT2D eigenvalue weighted by Gasteiger charge is 2.11. The Labute approximate surface area is 99.9 Å². The maximum atomic E-state index is 11.1. The van der Waals surface area contributed by atoms with Gasteiger partial charge >= 0.3 is 5.97 Å². The van der Waals surface area contributed by atoms with Crippen molar-refractivity contribution in [3.8, 4) is 0 Å².